The lowest BCUT2D eigenvalue weighted by Gasteiger charge is -2.06. The molecule has 3 N–H and O–H groups in total. The van der Waals surface area contributed by atoms with E-state index >= 15 is 0 Å². The van der Waals surface area contributed by atoms with Gasteiger partial charge in [-0.1, -0.05) is 0 Å². The van der Waals surface area contributed by atoms with Crippen LogP contribution in [0.1, 0.15) is 0 Å². The number of hydrogen-bond donors (Lipinski definition) is 2. The standard InChI is InChI=1S/C10H9BrFN3O/c1-16-7-3-2-5(12)4-6(7)9-8(11)10(13)15-14-9/h2-4H,1H3,(H3,13,14,15). The van der Waals surface area contributed by atoms with Crippen LogP contribution in [-0.4, -0.2) is 17.3 Å². The van der Waals surface area contributed by atoms with Crippen molar-refractivity contribution >= 4 is 21.7 Å². The summed E-state index contributed by atoms with van der Waals surface area (Å²) in [6.45, 7) is 0. The molecule has 0 aliphatic rings. The Morgan fingerprint density at radius 2 is 2.25 bits per heavy atom. The first-order chi connectivity index (χ1) is 7.63. The topological polar surface area (TPSA) is 63.9 Å². The number of aromatic amines is 1. The summed E-state index contributed by atoms with van der Waals surface area (Å²) in [7, 11) is 1.52. The van der Waals surface area contributed by atoms with Crippen molar-refractivity contribution in [3.05, 3.63) is 28.5 Å². The molecule has 0 bridgehead atoms. The van der Waals surface area contributed by atoms with Crippen LogP contribution in [0.2, 0.25) is 0 Å². The van der Waals surface area contributed by atoms with E-state index in [1.54, 1.807) is 6.07 Å². The molecule has 0 spiro atoms. The SMILES string of the molecule is COc1ccc(F)cc1-c1[nH]nc(N)c1Br. The lowest BCUT2D eigenvalue weighted by atomic mass is 10.1. The molecule has 0 unspecified atom stereocenters. The number of anilines is 1. The van der Waals surface area contributed by atoms with Crippen molar-refractivity contribution in [1.82, 2.24) is 10.2 Å². The average Bonchev–Trinajstić information content (AvgIpc) is 2.60. The number of halogens is 2. The third-order valence-electron chi connectivity index (χ3n) is 2.16. The van der Waals surface area contributed by atoms with Crippen molar-refractivity contribution in [1.29, 1.82) is 0 Å². The maximum absolute atomic E-state index is 13.2. The second kappa shape index (κ2) is 4.13. The number of benzene rings is 1. The second-order valence-corrected chi connectivity index (χ2v) is 3.94. The summed E-state index contributed by atoms with van der Waals surface area (Å²) < 4.78 is 18.9. The second-order valence-electron chi connectivity index (χ2n) is 3.14. The van der Waals surface area contributed by atoms with Crippen molar-refractivity contribution in [2.24, 2.45) is 0 Å². The van der Waals surface area contributed by atoms with Gasteiger partial charge in [0.2, 0.25) is 0 Å². The maximum atomic E-state index is 13.2. The number of methoxy groups -OCH3 is 1. The van der Waals surface area contributed by atoms with E-state index in [0.717, 1.165) is 0 Å². The number of aromatic nitrogens is 2. The van der Waals surface area contributed by atoms with Crippen LogP contribution in [0, 0.1) is 5.82 Å². The molecule has 1 aromatic heterocycles. The Kier molecular flexibility index (Phi) is 2.82. The highest BCUT2D eigenvalue weighted by atomic mass is 79.9. The summed E-state index contributed by atoms with van der Waals surface area (Å²) in [5.74, 6) is 0.517. The molecule has 0 amide bonds. The molecule has 0 aliphatic carbocycles. The highest BCUT2D eigenvalue weighted by Crippen LogP contribution is 2.36. The zero-order valence-corrected chi connectivity index (χ0v) is 10.0. The molecule has 84 valence electrons. The third kappa shape index (κ3) is 1.76. The van der Waals surface area contributed by atoms with E-state index in [1.807, 2.05) is 0 Å². The van der Waals surface area contributed by atoms with Crippen molar-refractivity contribution in [2.75, 3.05) is 12.8 Å². The van der Waals surface area contributed by atoms with E-state index in [9.17, 15) is 4.39 Å². The van der Waals surface area contributed by atoms with Gasteiger partial charge in [0.25, 0.3) is 0 Å². The van der Waals surface area contributed by atoms with E-state index in [1.165, 1.54) is 19.2 Å². The molecule has 1 heterocycles. The van der Waals surface area contributed by atoms with E-state index in [2.05, 4.69) is 26.1 Å². The van der Waals surface area contributed by atoms with Crippen LogP contribution in [0.3, 0.4) is 0 Å². The maximum Gasteiger partial charge on any atom is 0.160 e. The van der Waals surface area contributed by atoms with E-state index in [0.29, 0.717) is 27.3 Å². The van der Waals surface area contributed by atoms with E-state index in [4.69, 9.17) is 10.5 Å². The Hall–Kier alpha value is -1.56. The predicted molar refractivity (Wildman–Crippen MR) is 62.6 cm³/mol. The Labute approximate surface area is 99.7 Å². The van der Waals surface area contributed by atoms with Crippen LogP contribution in [0.5, 0.6) is 5.75 Å². The number of H-pyrrole nitrogens is 1. The summed E-state index contributed by atoms with van der Waals surface area (Å²) in [6.07, 6.45) is 0. The van der Waals surface area contributed by atoms with Gasteiger partial charge in [0.1, 0.15) is 11.6 Å². The van der Waals surface area contributed by atoms with Crippen LogP contribution in [0.25, 0.3) is 11.3 Å². The van der Waals surface area contributed by atoms with Crippen LogP contribution in [-0.2, 0) is 0 Å². The summed E-state index contributed by atoms with van der Waals surface area (Å²) in [6, 6.07) is 4.24. The van der Waals surface area contributed by atoms with Gasteiger partial charge in [0, 0.05) is 5.56 Å². The molecule has 1 aromatic carbocycles. The number of nitrogen functional groups attached to an aromatic ring is 1. The summed E-state index contributed by atoms with van der Waals surface area (Å²) in [5.41, 5.74) is 6.74. The first-order valence-corrected chi connectivity index (χ1v) is 5.26. The quantitative estimate of drug-likeness (QED) is 0.891. The lowest BCUT2D eigenvalue weighted by molar-refractivity contribution is 0.415. The van der Waals surface area contributed by atoms with Gasteiger partial charge in [0.15, 0.2) is 5.82 Å². The molecule has 0 radical (unpaired) electrons. The minimum atomic E-state index is -0.351. The molecule has 2 rings (SSSR count). The number of nitrogens with zero attached hydrogens (tertiary/aromatic N) is 1. The normalized spacial score (nSPS) is 10.4. The Balaban J connectivity index is 2.62. The first-order valence-electron chi connectivity index (χ1n) is 4.46. The molecule has 0 saturated carbocycles. The summed E-state index contributed by atoms with van der Waals surface area (Å²) in [4.78, 5) is 0. The number of ether oxygens (including phenoxy) is 1. The van der Waals surface area contributed by atoms with Crippen molar-refractivity contribution < 1.29 is 9.13 Å². The fourth-order valence-electron chi connectivity index (χ4n) is 1.40. The summed E-state index contributed by atoms with van der Waals surface area (Å²) >= 11 is 3.28. The third-order valence-corrected chi connectivity index (χ3v) is 2.97. The minimum absolute atomic E-state index is 0.321. The zero-order chi connectivity index (χ0) is 11.7. The average molecular weight is 286 g/mol. The van der Waals surface area contributed by atoms with Gasteiger partial charge < -0.3 is 10.5 Å². The van der Waals surface area contributed by atoms with Crippen molar-refractivity contribution in [3.8, 4) is 17.0 Å². The van der Waals surface area contributed by atoms with Gasteiger partial charge in [-0.25, -0.2) is 4.39 Å². The molecule has 16 heavy (non-hydrogen) atoms. The first kappa shape index (κ1) is 10.9. The van der Waals surface area contributed by atoms with Crippen molar-refractivity contribution in [2.45, 2.75) is 0 Å². The molecule has 0 saturated heterocycles. The lowest BCUT2D eigenvalue weighted by Crippen LogP contribution is -1.90. The van der Waals surface area contributed by atoms with Crippen LogP contribution in [0.4, 0.5) is 10.2 Å². The van der Waals surface area contributed by atoms with Crippen LogP contribution < -0.4 is 10.5 Å². The zero-order valence-electron chi connectivity index (χ0n) is 8.42. The molecule has 2 aromatic rings. The fourth-order valence-corrected chi connectivity index (χ4v) is 1.79. The molecular weight excluding hydrogens is 277 g/mol. The van der Waals surface area contributed by atoms with Crippen molar-refractivity contribution in [3.63, 3.8) is 0 Å². The van der Waals surface area contributed by atoms with Gasteiger partial charge in [-0.2, -0.15) is 5.10 Å². The van der Waals surface area contributed by atoms with E-state index in [-0.39, 0.29) is 5.82 Å². The number of nitrogens with one attached hydrogen (secondary N) is 1. The highest BCUT2D eigenvalue weighted by Gasteiger charge is 2.14. The molecule has 0 aliphatic heterocycles. The smallest absolute Gasteiger partial charge is 0.160 e. The largest absolute Gasteiger partial charge is 0.496 e. The molecule has 4 nitrogen and oxygen atoms in total. The van der Waals surface area contributed by atoms with E-state index < -0.39 is 0 Å². The Morgan fingerprint density at radius 1 is 1.50 bits per heavy atom. The van der Waals surface area contributed by atoms with Gasteiger partial charge in [-0.15, -0.1) is 0 Å². The van der Waals surface area contributed by atoms with Gasteiger partial charge in [-0.3, -0.25) is 5.10 Å². The van der Waals surface area contributed by atoms with Gasteiger partial charge >= 0.3 is 0 Å². The Morgan fingerprint density at radius 3 is 2.81 bits per heavy atom. The molecule has 0 fully saturated rings. The highest BCUT2D eigenvalue weighted by molar-refractivity contribution is 9.10. The predicted octanol–water partition coefficient (Wildman–Crippen LogP) is 2.57. The van der Waals surface area contributed by atoms with Crippen LogP contribution in [0.15, 0.2) is 22.7 Å². The van der Waals surface area contributed by atoms with Gasteiger partial charge in [0.05, 0.1) is 17.3 Å². The van der Waals surface area contributed by atoms with Crippen LogP contribution >= 0.6 is 15.9 Å². The van der Waals surface area contributed by atoms with Gasteiger partial charge in [-0.05, 0) is 34.1 Å². The number of rotatable bonds is 2. The fraction of sp³-hybridized carbons (Fsp3) is 0.100. The monoisotopic (exact) mass is 285 g/mol. The number of hydrogen-bond acceptors (Lipinski definition) is 3. The Bertz CT molecular complexity index is 527. The molecule has 0 atom stereocenters. The molecular formula is C10H9BrFN3O. The molecule has 6 heteroatoms. The number of nitrogens with two attached hydrogens (primary N) is 1. The summed E-state index contributed by atoms with van der Waals surface area (Å²) in [5, 5.41) is 6.55. The minimum Gasteiger partial charge on any atom is -0.496 e.